The molecule has 5 nitrogen and oxygen atoms in total. The summed E-state index contributed by atoms with van der Waals surface area (Å²) in [5, 5.41) is 13.2. The summed E-state index contributed by atoms with van der Waals surface area (Å²) in [6, 6.07) is 18.3. The third kappa shape index (κ3) is 3.48. The first kappa shape index (κ1) is 18.1. The lowest BCUT2D eigenvalue weighted by atomic mass is 9.68. The van der Waals surface area contributed by atoms with Crippen LogP contribution in [-0.2, 0) is 9.53 Å². The van der Waals surface area contributed by atoms with Crippen molar-refractivity contribution < 1.29 is 19.4 Å². The van der Waals surface area contributed by atoms with Gasteiger partial charge in [-0.15, -0.1) is 0 Å². The highest BCUT2D eigenvalue weighted by atomic mass is 16.5. The van der Waals surface area contributed by atoms with E-state index in [-0.39, 0.29) is 18.2 Å². The first-order chi connectivity index (χ1) is 12.6. The first-order valence-electron chi connectivity index (χ1n) is 8.76. The van der Waals surface area contributed by atoms with Crippen molar-refractivity contribution in [2.24, 2.45) is 0 Å². The summed E-state index contributed by atoms with van der Waals surface area (Å²) in [5.74, 6) is -1.16. The fourth-order valence-electron chi connectivity index (χ4n) is 3.82. The number of ether oxygens (including phenoxy) is 1. The number of rotatable bonds is 4. The van der Waals surface area contributed by atoms with E-state index in [0.29, 0.717) is 18.4 Å². The van der Waals surface area contributed by atoms with Crippen LogP contribution in [0.3, 0.4) is 0 Å². The Labute approximate surface area is 153 Å². The smallest absolute Gasteiger partial charge is 0.332 e. The number of carbonyl (C=O) groups is 2. The zero-order valence-electron chi connectivity index (χ0n) is 14.7. The number of nitrogens with one attached hydrogen (secondary N) is 1. The second-order valence-corrected chi connectivity index (χ2v) is 6.68. The van der Waals surface area contributed by atoms with Crippen molar-refractivity contribution in [3.8, 4) is 0 Å². The molecule has 1 aliphatic rings. The molecular formula is C21H23NO4. The molecule has 3 rings (SSSR count). The van der Waals surface area contributed by atoms with Crippen LogP contribution in [0.1, 0.15) is 41.1 Å². The standard InChI is InChI=1S/C21H23NO4/c1-26-20(25)21(22-19(24)16-10-6-3-7-11-16)14-17(23)12-13-18(21)15-8-4-2-5-9-15/h2-11,17-18,23H,12-14H2,1H3,(H,22,24)/t17-,18-,21-/m1/s1. The zero-order chi connectivity index (χ0) is 18.6. The summed E-state index contributed by atoms with van der Waals surface area (Å²) >= 11 is 0. The monoisotopic (exact) mass is 353 g/mol. The number of hydrogen-bond donors (Lipinski definition) is 2. The number of aliphatic hydroxyl groups excluding tert-OH is 1. The summed E-state index contributed by atoms with van der Waals surface area (Å²) in [5.41, 5.74) is 0.0987. The van der Waals surface area contributed by atoms with Crippen molar-refractivity contribution in [3.05, 3.63) is 71.8 Å². The van der Waals surface area contributed by atoms with Crippen LogP contribution >= 0.6 is 0 Å². The molecule has 2 N–H and O–H groups in total. The fourth-order valence-corrected chi connectivity index (χ4v) is 3.82. The van der Waals surface area contributed by atoms with Crippen LogP contribution in [0.15, 0.2) is 60.7 Å². The van der Waals surface area contributed by atoms with Gasteiger partial charge in [-0.2, -0.15) is 0 Å². The van der Waals surface area contributed by atoms with E-state index in [1.165, 1.54) is 7.11 Å². The van der Waals surface area contributed by atoms with Crippen LogP contribution in [-0.4, -0.2) is 35.7 Å². The van der Waals surface area contributed by atoms with Crippen LogP contribution in [0.4, 0.5) is 0 Å². The van der Waals surface area contributed by atoms with Crippen LogP contribution < -0.4 is 5.32 Å². The van der Waals surface area contributed by atoms with Crippen LogP contribution in [0.5, 0.6) is 0 Å². The van der Waals surface area contributed by atoms with Crippen molar-refractivity contribution in [1.29, 1.82) is 0 Å². The third-order valence-electron chi connectivity index (χ3n) is 5.07. The van der Waals surface area contributed by atoms with Gasteiger partial charge in [-0.25, -0.2) is 4.79 Å². The summed E-state index contributed by atoms with van der Waals surface area (Å²) < 4.78 is 5.07. The number of hydrogen-bond acceptors (Lipinski definition) is 4. The molecule has 5 heteroatoms. The highest BCUT2D eigenvalue weighted by Gasteiger charge is 2.52. The van der Waals surface area contributed by atoms with Crippen LogP contribution in [0, 0.1) is 0 Å². The largest absolute Gasteiger partial charge is 0.467 e. The minimum atomic E-state index is -1.30. The van der Waals surface area contributed by atoms with Gasteiger partial charge in [-0.3, -0.25) is 4.79 Å². The second-order valence-electron chi connectivity index (χ2n) is 6.68. The summed E-state index contributed by atoms with van der Waals surface area (Å²) in [4.78, 5) is 25.7. The Bertz CT molecular complexity index is 762. The van der Waals surface area contributed by atoms with E-state index in [2.05, 4.69) is 5.32 Å². The van der Waals surface area contributed by atoms with Crippen LogP contribution in [0.2, 0.25) is 0 Å². The molecule has 0 radical (unpaired) electrons. The molecule has 0 saturated heterocycles. The Balaban J connectivity index is 2.02. The Kier molecular flexibility index (Phi) is 5.38. The van der Waals surface area contributed by atoms with Gasteiger partial charge < -0.3 is 15.2 Å². The number of carbonyl (C=O) groups excluding carboxylic acids is 2. The second kappa shape index (κ2) is 7.70. The average Bonchev–Trinajstić information content (AvgIpc) is 2.68. The maximum Gasteiger partial charge on any atom is 0.332 e. The van der Waals surface area contributed by atoms with E-state index in [4.69, 9.17) is 4.74 Å². The number of benzene rings is 2. The molecule has 0 aromatic heterocycles. The van der Waals surface area contributed by atoms with Gasteiger partial charge in [0.2, 0.25) is 0 Å². The van der Waals surface area contributed by atoms with Crippen molar-refractivity contribution in [1.82, 2.24) is 5.32 Å². The lowest BCUT2D eigenvalue weighted by molar-refractivity contribution is -0.152. The molecule has 1 aliphatic carbocycles. The Morgan fingerprint density at radius 1 is 1.04 bits per heavy atom. The molecule has 0 spiro atoms. The molecule has 1 amide bonds. The molecule has 136 valence electrons. The Hall–Kier alpha value is -2.66. The van der Waals surface area contributed by atoms with E-state index in [9.17, 15) is 14.7 Å². The number of aliphatic hydroxyl groups is 1. The molecule has 2 aromatic carbocycles. The first-order valence-corrected chi connectivity index (χ1v) is 8.76. The van der Waals surface area contributed by atoms with E-state index >= 15 is 0 Å². The van der Waals surface area contributed by atoms with Gasteiger partial charge in [0.05, 0.1) is 13.2 Å². The highest BCUT2D eigenvalue weighted by molar-refractivity contribution is 5.98. The molecule has 2 aromatic rings. The number of amides is 1. The molecular weight excluding hydrogens is 330 g/mol. The fraction of sp³-hybridized carbons (Fsp3) is 0.333. The molecule has 1 fully saturated rings. The molecule has 0 heterocycles. The van der Waals surface area contributed by atoms with Gasteiger partial charge in [0.1, 0.15) is 5.54 Å². The van der Waals surface area contributed by atoms with Gasteiger partial charge >= 0.3 is 5.97 Å². The van der Waals surface area contributed by atoms with E-state index < -0.39 is 17.6 Å². The minimum Gasteiger partial charge on any atom is -0.467 e. The Morgan fingerprint density at radius 2 is 1.65 bits per heavy atom. The molecule has 0 bridgehead atoms. The Morgan fingerprint density at radius 3 is 2.27 bits per heavy atom. The lowest BCUT2D eigenvalue weighted by Gasteiger charge is -2.44. The van der Waals surface area contributed by atoms with Gasteiger partial charge in [-0.05, 0) is 30.5 Å². The van der Waals surface area contributed by atoms with E-state index in [1.807, 2.05) is 36.4 Å². The van der Waals surface area contributed by atoms with E-state index in [0.717, 1.165) is 5.56 Å². The average molecular weight is 353 g/mol. The third-order valence-corrected chi connectivity index (χ3v) is 5.07. The number of esters is 1. The van der Waals surface area contributed by atoms with Crippen molar-refractivity contribution in [2.45, 2.75) is 36.8 Å². The highest BCUT2D eigenvalue weighted by Crippen LogP contribution is 2.42. The van der Waals surface area contributed by atoms with Crippen LogP contribution in [0.25, 0.3) is 0 Å². The SMILES string of the molecule is COC(=O)[C@@]1(NC(=O)c2ccccc2)C[C@H](O)CC[C@@H]1c1ccccc1. The molecule has 26 heavy (non-hydrogen) atoms. The zero-order valence-corrected chi connectivity index (χ0v) is 14.7. The quantitative estimate of drug-likeness (QED) is 0.829. The van der Waals surface area contributed by atoms with Crippen molar-refractivity contribution in [3.63, 3.8) is 0 Å². The van der Waals surface area contributed by atoms with Gasteiger partial charge in [0.15, 0.2) is 0 Å². The molecule has 0 aliphatic heterocycles. The molecule has 0 unspecified atom stereocenters. The minimum absolute atomic E-state index is 0.123. The van der Waals surface area contributed by atoms with E-state index in [1.54, 1.807) is 24.3 Å². The summed E-state index contributed by atoms with van der Waals surface area (Å²) in [6.45, 7) is 0. The van der Waals surface area contributed by atoms with Crippen molar-refractivity contribution >= 4 is 11.9 Å². The summed E-state index contributed by atoms with van der Waals surface area (Å²) in [6.07, 6.45) is 0.595. The van der Waals surface area contributed by atoms with Gasteiger partial charge in [-0.1, -0.05) is 48.5 Å². The van der Waals surface area contributed by atoms with Gasteiger partial charge in [0.25, 0.3) is 5.91 Å². The predicted octanol–water partition coefficient (Wildman–Crippen LogP) is 2.66. The predicted molar refractivity (Wildman–Crippen MR) is 97.7 cm³/mol. The lowest BCUT2D eigenvalue weighted by Crippen LogP contribution is -2.62. The summed E-state index contributed by atoms with van der Waals surface area (Å²) in [7, 11) is 1.31. The normalized spacial score (nSPS) is 25.3. The van der Waals surface area contributed by atoms with Gasteiger partial charge in [0, 0.05) is 17.9 Å². The molecule has 1 saturated carbocycles. The maximum absolute atomic E-state index is 12.8. The topological polar surface area (TPSA) is 75.6 Å². The molecule has 3 atom stereocenters. The maximum atomic E-state index is 12.8. The van der Waals surface area contributed by atoms with Crippen molar-refractivity contribution in [2.75, 3.05) is 7.11 Å². The number of methoxy groups -OCH3 is 1.